The van der Waals surface area contributed by atoms with E-state index in [0.717, 1.165) is 0 Å². The Balaban J connectivity index is 1.72. The van der Waals surface area contributed by atoms with E-state index >= 15 is 0 Å². The first-order valence-electron chi connectivity index (χ1n) is 9.87. The van der Waals surface area contributed by atoms with Crippen molar-refractivity contribution in [3.05, 3.63) is 40.3 Å². The first-order valence-corrected chi connectivity index (χ1v) is 9.87. The maximum Gasteiger partial charge on any atom is 0.509 e. The number of allylic oxidation sites excluding steroid dienone is 1. The molecule has 0 bridgehead atoms. The normalized spacial score (nSPS) is 28.0. The van der Waals surface area contributed by atoms with Crippen molar-refractivity contribution in [1.82, 2.24) is 0 Å². The lowest BCUT2D eigenvalue weighted by atomic mass is 9.89. The molecule has 0 saturated carbocycles. The van der Waals surface area contributed by atoms with Gasteiger partial charge in [-0.2, -0.15) is 0 Å². The fourth-order valence-electron chi connectivity index (χ4n) is 4.14. The SMILES string of the molecule is C=C(C)c1c(O)c2ccc(OC3O[C@@H](CC)[C@H](C)[C@H]4OC(=O)O[C@@H]34)c(C)c2oc1=O. The number of hydrogen-bond acceptors (Lipinski definition) is 8. The van der Waals surface area contributed by atoms with Crippen molar-refractivity contribution in [1.29, 1.82) is 0 Å². The molecule has 1 N–H and O–H groups in total. The summed E-state index contributed by atoms with van der Waals surface area (Å²) in [6.07, 6.45) is -2.27. The number of hydrogen-bond donors (Lipinski definition) is 1. The molecular formula is C22H24O8. The van der Waals surface area contributed by atoms with Gasteiger partial charge in [0.2, 0.25) is 12.4 Å². The van der Waals surface area contributed by atoms with Crippen LogP contribution in [0.25, 0.3) is 16.5 Å². The summed E-state index contributed by atoms with van der Waals surface area (Å²) in [5.41, 5.74) is 0.478. The number of ether oxygens (including phenoxy) is 4. The molecule has 0 aliphatic carbocycles. The van der Waals surface area contributed by atoms with Crippen molar-refractivity contribution in [3.8, 4) is 11.5 Å². The van der Waals surface area contributed by atoms with Gasteiger partial charge in [0.25, 0.3) is 0 Å². The Hall–Kier alpha value is -3.00. The Morgan fingerprint density at radius 3 is 2.60 bits per heavy atom. The van der Waals surface area contributed by atoms with Gasteiger partial charge in [-0.25, -0.2) is 9.59 Å². The van der Waals surface area contributed by atoms with Crippen LogP contribution < -0.4 is 10.4 Å². The molecule has 1 unspecified atom stereocenters. The molecular weight excluding hydrogens is 392 g/mol. The zero-order chi connectivity index (χ0) is 21.7. The van der Waals surface area contributed by atoms with E-state index in [1.165, 1.54) is 0 Å². The summed E-state index contributed by atoms with van der Waals surface area (Å²) in [5.74, 6) is 0.152. The smallest absolute Gasteiger partial charge is 0.506 e. The highest BCUT2D eigenvalue weighted by Gasteiger charge is 2.53. The second-order valence-corrected chi connectivity index (χ2v) is 7.80. The van der Waals surface area contributed by atoms with Crippen molar-refractivity contribution in [3.63, 3.8) is 0 Å². The maximum absolute atomic E-state index is 12.3. The van der Waals surface area contributed by atoms with Crippen molar-refractivity contribution in [2.24, 2.45) is 5.92 Å². The summed E-state index contributed by atoms with van der Waals surface area (Å²) in [7, 11) is 0. The topological polar surface area (TPSA) is 104 Å². The van der Waals surface area contributed by atoms with E-state index in [1.54, 1.807) is 26.0 Å². The largest absolute Gasteiger partial charge is 0.509 e. The minimum Gasteiger partial charge on any atom is -0.506 e. The molecule has 1 aromatic carbocycles. The van der Waals surface area contributed by atoms with Gasteiger partial charge in [-0.15, -0.1) is 0 Å². The molecule has 30 heavy (non-hydrogen) atoms. The van der Waals surface area contributed by atoms with Crippen LogP contribution >= 0.6 is 0 Å². The van der Waals surface area contributed by atoms with E-state index in [-0.39, 0.29) is 28.9 Å². The highest BCUT2D eigenvalue weighted by molar-refractivity contribution is 5.91. The first kappa shape index (κ1) is 20.3. The monoisotopic (exact) mass is 416 g/mol. The second-order valence-electron chi connectivity index (χ2n) is 7.80. The lowest BCUT2D eigenvalue weighted by Gasteiger charge is -2.39. The standard InChI is InChI=1S/C22H24O8/c1-6-13-10(4)18-19(30-22(25)29-18)21(26-13)27-14-8-7-12-16(23)15(9(2)3)20(24)28-17(12)11(14)5/h7-8,10,13,18-19,21,23H,2,6H2,1,3-5H3/t10-,13-,18+,19+,21?/m0/s1. The molecule has 4 rings (SSSR count). The molecule has 0 spiro atoms. The maximum atomic E-state index is 12.3. The fraction of sp³-hybridized carbons (Fsp3) is 0.455. The van der Waals surface area contributed by atoms with Gasteiger partial charge in [-0.3, -0.25) is 0 Å². The highest BCUT2D eigenvalue weighted by Crippen LogP contribution is 2.39. The lowest BCUT2D eigenvalue weighted by Crippen LogP contribution is -2.54. The summed E-state index contributed by atoms with van der Waals surface area (Å²) < 4.78 is 28.2. The minimum absolute atomic E-state index is 0.0421. The summed E-state index contributed by atoms with van der Waals surface area (Å²) >= 11 is 0. The van der Waals surface area contributed by atoms with Crippen LogP contribution in [0.5, 0.6) is 11.5 Å². The molecule has 8 nitrogen and oxygen atoms in total. The third-order valence-corrected chi connectivity index (χ3v) is 5.79. The Kier molecular flexibility index (Phi) is 4.97. The molecule has 2 fully saturated rings. The third-order valence-electron chi connectivity index (χ3n) is 5.79. The summed E-state index contributed by atoms with van der Waals surface area (Å²) in [6.45, 7) is 11.0. The van der Waals surface area contributed by atoms with Gasteiger partial charge in [0.15, 0.2) is 6.10 Å². The molecule has 0 radical (unpaired) electrons. The molecule has 2 aliphatic heterocycles. The number of aromatic hydroxyl groups is 1. The van der Waals surface area contributed by atoms with E-state index in [9.17, 15) is 14.7 Å². The van der Waals surface area contributed by atoms with Gasteiger partial charge in [0.05, 0.1) is 11.5 Å². The van der Waals surface area contributed by atoms with Crippen LogP contribution in [0.1, 0.15) is 38.3 Å². The van der Waals surface area contributed by atoms with E-state index in [2.05, 4.69) is 6.58 Å². The van der Waals surface area contributed by atoms with Crippen molar-refractivity contribution < 1.29 is 33.3 Å². The number of fused-ring (bicyclic) bond motifs is 2. The number of benzene rings is 1. The summed E-state index contributed by atoms with van der Waals surface area (Å²) in [6, 6.07) is 3.24. The third kappa shape index (κ3) is 3.11. The molecule has 8 heteroatoms. The van der Waals surface area contributed by atoms with Crippen LogP contribution in [0.15, 0.2) is 27.9 Å². The Morgan fingerprint density at radius 1 is 1.23 bits per heavy atom. The Labute approximate surface area is 173 Å². The molecule has 160 valence electrons. The Morgan fingerprint density at radius 2 is 1.93 bits per heavy atom. The average molecular weight is 416 g/mol. The average Bonchev–Trinajstić information content (AvgIpc) is 3.08. The van der Waals surface area contributed by atoms with Crippen LogP contribution in [-0.4, -0.2) is 35.9 Å². The minimum atomic E-state index is -0.881. The summed E-state index contributed by atoms with van der Waals surface area (Å²) in [4.78, 5) is 24.0. The van der Waals surface area contributed by atoms with Gasteiger partial charge < -0.3 is 28.5 Å². The van der Waals surface area contributed by atoms with E-state index in [1.807, 2.05) is 13.8 Å². The number of rotatable bonds is 4. The molecule has 1 aromatic heterocycles. The number of aryl methyl sites for hydroxylation is 1. The predicted molar refractivity (Wildman–Crippen MR) is 107 cm³/mol. The van der Waals surface area contributed by atoms with Crippen LogP contribution in [0, 0.1) is 12.8 Å². The van der Waals surface area contributed by atoms with Crippen molar-refractivity contribution >= 4 is 22.7 Å². The van der Waals surface area contributed by atoms with Gasteiger partial charge >= 0.3 is 11.8 Å². The quantitative estimate of drug-likeness (QED) is 0.591. The highest BCUT2D eigenvalue weighted by atomic mass is 16.8. The van der Waals surface area contributed by atoms with Crippen LogP contribution in [0.2, 0.25) is 0 Å². The molecule has 2 aromatic rings. The van der Waals surface area contributed by atoms with Gasteiger partial charge in [0, 0.05) is 11.5 Å². The predicted octanol–water partition coefficient (Wildman–Crippen LogP) is 3.89. The summed E-state index contributed by atoms with van der Waals surface area (Å²) in [5, 5.41) is 10.9. The zero-order valence-corrected chi connectivity index (χ0v) is 17.3. The number of carbonyl (C=O) groups is 1. The second kappa shape index (κ2) is 7.36. The molecule has 5 atom stereocenters. The fourth-order valence-corrected chi connectivity index (χ4v) is 4.14. The van der Waals surface area contributed by atoms with Gasteiger partial charge in [-0.1, -0.05) is 20.4 Å². The van der Waals surface area contributed by atoms with Crippen LogP contribution in [-0.2, 0) is 14.2 Å². The van der Waals surface area contributed by atoms with E-state index < -0.39 is 30.3 Å². The van der Waals surface area contributed by atoms with E-state index in [4.69, 9.17) is 23.4 Å². The molecule has 0 amide bonds. The van der Waals surface area contributed by atoms with Gasteiger partial charge in [-0.05, 0) is 38.0 Å². The van der Waals surface area contributed by atoms with Crippen molar-refractivity contribution in [2.75, 3.05) is 0 Å². The Bertz CT molecular complexity index is 1080. The first-order chi connectivity index (χ1) is 14.2. The molecule has 2 saturated heterocycles. The zero-order valence-electron chi connectivity index (χ0n) is 17.3. The van der Waals surface area contributed by atoms with Crippen LogP contribution in [0.4, 0.5) is 4.79 Å². The molecule has 3 heterocycles. The molecule has 2 aliphatic rings. The van der Waals surface area contributed by atoms with Gasteiger partial charge in [0.1, 0.15) is 22.6 Å². The van der Waals surface area contributed by atoms with E-state index in [0.29, 0.717) is 28.7 Å². The lowest BCUT2D eigenvalue weighted by molar-refractivity contribution is -0.226. The van der Waals surface area contributed by atoms with Crippen molar-refractivity contribution in [2.45, 2.75) is 58.7 Å². The van der Waals surface area contributed by atoms with Crippen LogP contribution in [0.3, 0.4) is 0 Å². The number of carbonyl (C=O) groups excluding carboxylic acids is 1.